The monoisotopic (exact) mass is 304 g/mol. The number of hydrogen-bond acceptors (Lipinski definition) is 3. The third-order valence-electron chi connectivity index (χ3n) is 2.47. The summed E-state index contributed by atoms with van der Waals surface area (Å²) in [7, 11) is -0.744. The molecule has 0 spiro atoms. The van der Waals surface area contributed by atoms with E-state index in [4.69, 9.17) is 0 Å². The fraction of sp³-hybridized carbons (Fsp3) is 0.545. The standard InChI is InChI=1S/C11H17BrN2OS/c1-8-6-11(14-7-10(8)12)13-5-4-9(2)16(3)15/h6-7,9H,4-5H2,1-3H3,(H,13,14). The van der Waals surface area contributed by atoms with Gasteiger partial charge in [-0.1, -0.05) is 6.92 Å². The van der Waals surface area contributed by atoms with Crippen LogP contribution in [0.4, 0.5) is 5.82 Å². The van der Waals surface area contributed by atoms with Gasteiger partial charge < -0.3 is 5.32 Å². The first-order chi connectivity index (χ1) is 7.50. The number of aryl methyl sites for hydroxylation is 1. The Bertz CT molecular complexity index is 384. The van der Waals surface area contributed by atoms with Crippen molar-refractivity contribution in [3.8, 4) is 0 Å². The van der Waals surface area contributed by atoms with Crippen molar-refractivity contribution in [1.82, 2.24) is 4.98 Å². The highest BCUT2D eigenvalue weighted by Crippen LogP contribution is 2.17. The van der Waals surface area contributed by atoms with Gasteiger partial charge in [-0.2, -0.15) is 0 Å². The minimum Gasteiger partial charge on any atom is -0.370 e. The van der Waals surface area contributed by atoms with Crippen LogP contribution in [0.3, 0.4) is 0 Å². The summed E-state index contributed by atoms with van der Waals surface area (Å²) in [5, 5.41) is 3.46. The molecule has 0 aliphatic rings. The van der Waals surface area contributed by atoms with E-state index in [1.54, 1.807) is 12.5 Å². The Morgan fingerprint density at radius 2 is 2.31 bits per heavy atom. The zero-order chi connectivity index (χ0) is 12.1. The molecule has 0 fully saturated rings. The Hall–Kier alpha value is -0.420. The van der Waals surface area contributed by atoms with Crippen LogP contribution in [0.1, 0.15) is 18.9 Å². The Labute approximate surface area is 108 Å². The molecule has 0 aromatic carbocycles. The van der Waals surface area contributed by atoms with Crippen LogP contribution in [-0.2, 0) is 10.8 Å². The quantitative estimate of drug-likeness (QED) is 0.909. The molecule has 16 heavy (non-hydrogen) atoms. The maximum atomic E-state index is 11.1. The molecule has 0 saturated carbocycles. The Morgan fingerprint density at radius 1 is 1.62 bits per heavy atom. The van der Waals surface area contributed by atoms with E-state index >= 15 is 0 Å². The van der Waals surface area contributed by atoms with Gasteiger partial charge in [0.25, 0.3) is 0 Å². The molecule has 1 rings (SSSR count). The van der Waals surface area contributed by atoms with Gasteiger partial charge in [-0.05, 0) is 40.9 Å². The summed E-state index contributed by atoms with van der Waals surface area (Å²) in [6.07, 6.45) is 4.42. The molecule has 1 aromatic rings. The van der Waals surface area contributed by atoms with Gasteiger partial charge in [-0.25, -0.2) is 4.98 Å². The van der Waals surface area contributed by atoms with Crippen LogP contribution in [0.2, 0.25) is 0 Å². The largest absolute Gasteiger partial charge is 0.370 e. The third-order valence-corrected chi connectivity index (χ3v) is 4.67. The lowest BCUT2D eigenvalue weighted by atomic mass is 10.3. The first-order valence-corrected chi connectivity index (χ1v) is 7.60. The molecule has 0 aliphatic heterocycles. The molecule has 0 amide bonds. The van der Waals surface area contributed by atoms with Crippen LogP contribution >= 0.6 is 15.9 Å². The van der Waals surface area contributed by atoms with Gasteiger partial charge in [0.15, 0.2) is 0 Å². The van der Waals surface area contributed by atoms with E-state index in [1.165, 1.54) is 0 Å². The highest BCUT2D eigenvalue weighted by atomic mass is 79.9. The number of aromatic nitrogens is 1. The molecule has 2 atom stereocenters. The van der Waals surface area contributed by atoms with E-state index in [-0.39, 0.29) is 5.25 Å². The topological polar surface area (TPSA) is 42.0 Å². The molecule has 0 radical (unpaired) electrons. The van der Waals surface area contributed by atoms with Crippen molar-refractivity contribution in [3.05, 3.63) is 22.3 Å². The molecule has 1 heterocycles. The molecule has 90 valence electrons. The van der Waals surface area contributed by atoms with Crippen LogP contribution in [0.15, 0.2) is 16.7 Å². The highest BCUT2D eigenvalue weighted by molar-refractivity contribution is 9.10. The average molecular weight is 305 g/mol. The lowest BCUT2D eigenvalue weighted by molar-refractivity contribution is 0.672. The molecule has 0 saturated heterocycles. The SMILES string of the molecule is Cc1cc(NCCC(C)S(C)=O)ncc1Br. The number of nitrogens with one attached hydrogen (secondary N) is 1. The lowest BCUT2D eigenvalue weighted by Crippen LogP contribution is -2.15. The normalized spacial score (nSPS) is 14.5. The summed E-state index contributed by atoms with van der Waals surface area (Å²) in [5.41, 5.74) is 1.16. The zero-order valence-electron chi connectivity index (χ0n) is 9.79. The second kappa shape index (κ2) is 6.35. The molecular formula is C11H17BrN2OS. The van der Waals surface area contributed by atoms with Gasteiger partial charge in [-0.3, -0.25) is 4.21 Å². The Kier molecular flexibility index (Phi) is 5.41. The molecule has 3 nitrogen and oxygen atoms in total. The second-order valence-corrected chi connectivity index (χ2v) is 6.50. The third kappa shape index (κ3) is 4.22. The Morgan fingerprint density at radius 3 is 2.88 bits per heavy atom. The highest BCUT2D eigenvalue weighted by Gasteiger charge is 2.05. The summed E-state index contributed by atoms with van der Waals surface area (Å²) in [5.74, 6) is 0.870. The van der Waals surface area contributed by atoms with Crippen LogP contribution in [0.25, 0.3) is 0 Å². The van der Waals surface area contributed by atoms with Gasteiger partial charge >= 0.3 is 0 Å². The number of pyridine rings is 1. The van der Waals surface area contributed by atoms with Crippen molar-refractivity contribution in [3.63, 3.8) is 0 Å². The van der Waals surface area contributed by atoms with Gasteiger partial charge in [0.05, 0.1) is 0 Å². The molecule has 0 aliphatic carbocycles. The second-order valence-electron chi connectivity index (χ2n) is 3.84. The van der Waals surface area contributed by atoms with Crippen molar-refractivity contribution in [2.45, 2.75) is 25.5 Å². The van der Waals surface area contributed by atoms with Crippen molar-refractivity contribution in [2.75, 3.05) is 18.1 Å². The number of nitrogens with zero attached hydrogens (tertiary/aromatic N) is 1. The molecule has 1 aromatic heterocycles. The van der Waals surface area contributed by atoms with E-state index in [9.17, 15) is 4.21 Å². The van der Waals surface area contributed by atoms with Crippen LogP contribution in [0.5, 0.6) is 0 Å². The molecule has 0 bridgehead atoms. The van der Waals surface area contributed by atoms with Gasteiger partial charge in [0.2, 0.25) is 0 Å². The molecule has 5 heteroatoms. The van der Waals surface area contributed by atoms with Gasteiger partial charge in [-0.15, -0.1) is 0 Å². The summed E-state index contributed by atoms with van der Waals surface area (Å²) in [4.78, 5) is 4.25. The molecule has 1 N–H and O–H groups in total. The van der Waals surface area contributed by atoms with E-state index in [2.05, 4.69) is 26.2 Å². The number of anilines is 1. The van der Waals surface area contributed by atoms with E-state index in [0.717, 1.165) is 28.8 Å². The minimum atomic E-state index is -0.744. The first-order valence-electron chi connectivity index (χ1n) is 5.19. The van der Waals surface area contributed by atoms with E-state index in [1.807, 2.05) is 19.9 Å². The lowest BCUT2D eigenvalue weighted by Gasteiger charge is -2.10. The zero-order valence-corrected chi connectivity index (χ0v) is 12.2. The predicted octanol–water partition coefficient (Wildman–Crippen LogP) is 2.72. The minimum absolute atomic E-state index is 0.226. The summed E-state index contributed by atoms with van der Waals surface area (Å²) < 4.78 is 12.2. The van der Waals surface area contributed by atoms with E-state index < -0.39 is 10.8 Å². The summed E-state index contributed by atoms with van der Waals surface area (Å²) in [6, 6.07) is 2.00. The predicted molar refractivity (Wildman–Crippen MR) is 73.3 cm³/mol. The number of halogens is 1. The molecule has 2 unspecified atom stereocenters. The van der Waals surface area contributed by atoms with Gasteiger partial charge in [0.1, 0.15) is 5.82 Å². The summed E-state index contributed by atoms with van der Waals surface area (Å²) >= 11 is 3.41. The van der Waals surface area contributed by atoms with E-state index in [0.29, 0.717) is 0 Å². The fourth-order valence-electron chi connectivity index (χ4n) is 1.21. The smallest absolute Gasteiger partial charge is 0.126 e. The van der Waals surface area contributed by atoms with Crippen LogP contribution < -0.4 is 5.32 Å². The van der Waals surface area contributed by atoms with Crippen molar-refractivity contribution < 1.29 is 4.21 Å². The fourth-order valence-corrected chi connectivity index (χ4v) is 1.87. The number of rotatable bonds is 5. The maximum Gasteiger partial charge on any atom is 0.126 e. The Balaban J connectivity index is 2.43. The average Bonchev–Trinajstić information content (AvgIpc) is 2.23. The molecular weight excluding hydrogens is 288 g/mol. The maximum absolute atomic E-state index is 11.1. The van der Waals surface area contributed by atoms with Crippen molar-refractivity contribution in [2.24, 2.45) is 0 Å². The number of hydrogen-bond donors (Lipinski definition) is 1. The van der Waals surface area contributed by atoms with Crippen LogP contribution in [-0.4, -0.2) is 27.2 Å². The first kappa shape index (κ1) is 13.6. The summed E-state index contributed by atoms with van der Waals surface area (Å²) in [6.45, 7) is 4.83. The van der Waals surface area contributed by atoms with Crippen LogP contribution in [0, 0.1) is 6.92 Å². The van der Waals surface area contributed by atoms with Gasteiger partial charge in [0, 0.05) is 39.5 Å². The van der Waals surface area contributed by atoms with Crippen molar-refractivity contribution >= 4 is 32.5 Å². The van der Waals surface area contributed by atoms with Crippen molar-refractivity contribution in [1.29, 1.82) is 0 Å².